The maximum absolute atomic E-state index is 4.07. The second-order valence-electron chi connectivity index (χ2n) is 2.70. The summed E-state index contributed by atoms with van der Waals surface area (Å²) < 4.78 is 1.95. The van der Waals surface area contributed by atoms with Crippen LogP contribution < -0.4 is 0 Å². The molecular weight excluding hydrogens is 217 g/mol. The Morgan fingerprint density at radius 1 is 1.19 bits per heavy atom. The highest BCUT2D eigenvalue weighted by Crippen LogP contribution is 2.24. The van der Waals surface area contributed by atoms with Crippen LogP contribution in [0.4, 0.5) is 0 Å². The van der Waals surface area contributed by atoms with Crippen LogP contribution in [-0.4, -0.2) is 15.0 Å². The van der Waals surface area contributed by atoms with Gasteiger partial charge in [0, 0.05) is 6.54 Å². The van der Waals surface area contributed by atoms with E-state index >= 15 is 0 Å². The average Bonchev–Trinajstić information content (AvgIpc) is 2.76. The van der Waals surface area contributed by atoms with Gasteiger partial charge in [0.1, 0.15) is 10.8 Å². The van der Waals surface area contributed by atoms with E-state index in [4.69, 9.17) is 0 Å². The first-order valence-electron chi connectivity index (χ1n) is 5.98. The molecular formula is C12H22N3P. The normalized spacial score (nSPS) is 9.38. The summed E-state index contributed by atoms with van der Waals surface area (Å²) in [7, 11) is 1.24. The van der Waals surface area contributed by atoms with Gasteiger partial charge in [-0.05, 0) is 33.4 Å². The quantitative estimate of drug-likeness (QED) is 0.738. The van der Waals surface area contributed by atoms with Crippen molar-refractivity contribution < 1.29 is 0 Å². The maximum Gasteiger partial charge on any atom is 0.117 e. The molecule has 2 heterocycles. The van der Waals surface area contributed by atoms with Crippen LogP contribution >= 0.6 is 8.19 Å². The van der Waals surface area contributed by atoms with Gasteiger partial charge in [0.2, 0.25) is 0 Å². The minimum Gasteiger partial charge on any atom is -0.240 e. The van der Waals surface area contributed by atoms with Crippen LogP contribution in [0.3, 0.4) is 0 Å². The Bertz CT molecular complexity index is 410. The molecule has 2 aromatic rings. The highest BCUT2D eigenvalue weighted by atomic mass is 31.0. The Morgan fingerprint density at radius 3 is 2.38 bits per heavy atom. The van der Waals surface area contributed by atoms with Gasteiger partial charge in [0.05, 0.1) is 0 Å². The van der Waals surface area contributed by atoms with Crippen molar-refractivity contribution in [1.82, 2.24) is 15.0 Å². The lowest BCUT2D eigenvalue weighted by Gasteiger charge is -1.95. The van der Waals surface area contributed by atoms with Crippen molar-refractivity contribution in [3.8, 4) is 0 Å². The van der Waals surface area contributed by atoms with E-state index in [2.05, 4.69) is 30.2 Å². The molecule has 0 N–H and O–H groups in total. The number of aromatic nitrogens is 3. The molecule has 0 fully saturated rings. The lowest BCUT2D eigenvalue weighted by molar-refractivity contribution is 0.649. The van der Waals surface area contributed by atoms with Gasteiger partial charge in [0.15, 0.2) is 0 Å². The Kier molecular flexibility index (Phi) is 7.74. The third-order valence-corrected chi connectivity index (χ3v) is 2.97. The molecule has 2 rings (SSSR count). The summed E-state index contributed by atoms with van der Waals surface area (Å²) in [5.41, 5.74) is 1.02. The van der Waals surface area contributed by atoms with Gasteiger partial charge in [0.25, 0.3) is 0 Å². The van der Waals surface area contributed by atoms with Gasteiger partial charge >= 0.3 is 0 Å². The number of aryl methyl sites for hydroxylation is 2. The van der Waals surface area contributed by atoms with Crippen molar-refractivity contribution in [3.63, 3.8) is 0 Å². The Hall–Kier alpha value is -0.950. The third-order valence-electron chi connectivity index (χ3n) is 1.80. The number of hydrogen-bond acceptors (Lipinski definition) is 2. The van der Waals surface area contributed by atoms with Crippen LogP contribution in [0.5, 0.6) is 0 Å². The zero-order chi connectivity index (χ0) is 12.6. The number of hydrogen-bond donors (Lipinski definition) is 0. The molecule has 0 saturated carbocycles. The highest BCUT2D eigenvalue weighted by Gasteiger charge is 2.01. The van der Waals surface area contributed by atoms with Crippen LogP contribution in [0.15, 0.2) is 12.1 Å². The third kappa shape index (κ3) is 3.57. The fourth-order valence-corrected chi connectivity index (χ4v) is 2.18. The first kappa shape index (κ1) is 15.0. The molecule has 0 aromatic carbocycles. The summed E-state index contributed by atoms with van der Waals surface area (Å²) in [6.45, 7) is 13.1. The molecule has 0 saturated heterocycles. The standard InChI is InChI=1S/C8H10N3P.2C2H6/c1-3-11-8-7(9-10-11)5-4-6(2)12-8;2*1-2/h4-5H,3H2,1-2H3;2*1-2H3. The minimum atomic E-state index is 0.899. The number of fused-ring (bicyclic) bond motifs is 1. The van der Waals surface area contributed by atoms with Crippen molar-refractivity contribution >= 4 is 19.0 Å². The topological polar surface area (TPSA) is 30.7 Å². The van der Waals surface area contributed by atoms with E-state index in [9.17, 15) is 0 Å². The summed E-state index contributed by atoms with van der Waals surface area (Å²) in [5.74, 6) is 0. The monoisotopic (exact) mass is 239 g/mol. The molecule has 90 valence electrons. The van der Waals surface area contributed by atoms with Gasteiger partial charge in [-0.2, -0.15) is 0 Å². The number of rotatable bonds is 1. The fraction of sp³-hybridized carbons (Fsp3) is 0.583. The molecule has 0 aliphatic rings. The molecule has 16 heavy (non-hydrogen) atoms. The van der Waals surface area contributed by atoms with Gasteiger partial charge in [-0.3, -0.25) is 0 Å². The summed E-state index contributed by atoms with van der Waals surface area (Å²) in [6, 6.07) is 4.12. The maximum atomic E-state index is 4.07. The fourth-order valence-electron chi connectivity index (χ4n) is 1.16. The number of nitrogens with zero attached hydrogens (tertiary/aromatic N) is 3. The van der Waals surface area contributed by atoms with Crippen molar-refractivity contribution in [3.05, 3.63) is 17.4 Å². The predicted octanol–water partition coefficient (Wildman–Crippen LogP) is 4.39. The van der Waals surface area contributed by atoms with Gasteiger partial charge in [-0.25, -0.2) is 4.68 Å². The highest BCUT2D eigenvalue weighted by molar-refractivity contribution is 7.37. The molecule has 0 aliphatic carbocycles. The van der Waals surface area contributed by atoms with Gasteiger partial charge in [-0.15, -0.1) is 5.10 Å². The van der Waals surface area contributed by atoms with Crippen LogP contribution in [-0.2, 0) is 6.54 Å². The van der Waals surface area contributed by atoms with Crippen molar-refractivity contribution in [2.45, 2.75) is 48.1 Å². The first-order valence-corrected chi connectivity index (χ1v) is 6.87. The summed E-state index contributed by atoms with van der Waals surface area (Å²) in [5, 5.41) is 10.7. The van der Waals surface area contributed by atoms with Crippen LogP contribution in [0, 0.1) is 6.92 Å². The predicted molar refractivity (Wildman–Crippen MR) is 73.1 cm³/mol. The zero-order valence-electron chi connectivity index (χ0n) is 11.2. The summed E-state index contributed by atoms with van der Waals surface area (Å²) >= 11 is 0. The molecule has 2 aromatic heterocycles. The molecule has 0 spiro atoms. The Balaban J connectivity index is 0.000000509. The lowest BCUT2D eigenvalue weighted by Crippen LogP contribution is -1.94. The van der Waals surface area contributed by atoms with Crippen LogP contribution in [0.1, 0.15) is 39.9 Å². The smallest absolute Gasteiger partial charge is 0.117 e. The van der Waals surface area contributed by atoms with Crippen LogP contribution in [0.25, 0.3) is 10.8 Å². The van der Waals surface area contributed by atoms with E-state index in [1.54, 1.807) is 0 Å². The molecule has 0 aliphatic heterocycles. The minimum absolute atomic E-state index is 0.899. The van der Waals surface area contributed by atoms with E-state index < -0.39 is 0 Å². The second-order valence-corrected chi connectivity index (χ2v) is 4.05. The van der Waals surface area contributed by atoms with Crippen molar-refractivity contribution in [2.24, 2.45) is 0 Å². The van der Waals surface area contributed by atoms with E-state index in [1.807, 2.05) is 38.4 Å². The Morgan fingerprint density at radius 2 is 1.81 bits per heavy atom. The molecule has 0 amide bonds. The molecule has 0 atom stereocenters. The average molecular weight is 239 g/mol. The van der Waals surface area contributed by atoms with E-state index in [0.29, 0.717) is 0 Å². The molecule has 3 nitrogen and oxygen atoms in total. The Labute approximate surface area is 100.0 Å². The molecule has 0 unspecified atom stereocenters. The van der Waals surface area contributed by atoms with E-state index in [0.717, 1.165) is 12.1 Å². The van der Waals surface area contributed by atoms with Crippen molar-refractivity contribution in [2.75, 3.05) is 0 Å². The first-order chi connectivity index (χ1) is 7.81. The van der Waals surface area contributed by atoms with E-state index in [1.165, 1.54) is 18.7 Å². The van der Waals surface area contributed by atoms with E-state index in [-0.39, 0.29) is 0 Å². The molecule has 0 bridgehead atoms. The van der Waals surface area contributed by atoms with Gasteiger partial charge in [-0.1, -0.05) is 39.0 Å². The largest absolute Gasteiger partial charge is 0.240 e. The zero-order valence-corrected chi connectivity index (χ0v) is 12.0. The SMILES string of the molecule is CC.CC.CCn1nnc2ccc(C)pc21. The van der Waals surface area contributed by atoms with Crippen LogP contribution in [0.2, 0.25) is 0 Å². The van der Waals surface area contributed by atoms with Crippen molar-refractivity contribution in [1.29, 1.82) is 0 Å². The molecule has 4 heteroatoms. The lowest BCUT2D eigenvalue weighted by atomic mass is 10.4. The van der Waals surface area contributed by atoms with Gasteiger partial charge < -0.3 is 0 Å². The molecule has 0 radical (unpaired) electrons. The summed E-state index contributed by atoms with van der Waals surface area (Å²) in [6.07, 6.45) is 0. The summed E-state index contributed by atoms with van der Waals surface area (Å²) in [4.78, 5) is 0. The second kappa shape index (κ2) is 8.23.